The molecule has 0 atom stereocenters. The second kappa shape index (κ2) is 11.4. The standard InChI is InChI=1S/C17H28N2O2/c20-15-18-14-10-6-2-5-9-13-17(19-16-21)11-7-3-1-4-8-12-17/h1-14H2. The number of nitrogens with zero attached hydrogens (tertiary/aromatic N) is 2. The third-order valence-corrected chi connectivity index (χ3v) is 4.54. The average molecular weight is 292 g/mol. The first-order valence-corrected chi connectivity index (χ1v) is 8.46. The second-order valence-corrected chi connectivity index (χ2v) is 6.19. The summed E-state index contributed by atoms with van der Waals surface area (Å²) in [6, 6.07) is 0. The van der Waals surface area contributed by atoms with Crippen LogP contribution in [0.15, 0.2) is 9.98 Å². The van der Waals surface area contributed by atoms with Crippen molar-refractivity contribution in [2.45, 2.75) is 89.0 Å². The zero-order valence-electron chi connectivity index (χ0n) is 13.1. The Bertz CT molecular complexity index is 361. The van der Waals surface area contributed by atoms with E-state index in [4.69, 9.17) is 0 Å². The molecule has 0 N–H and O–H groups in total. The SMILES string of the molecule is O=C=NCCCCCCCC1(N=C=O)CCCCCCC1. The van der Waals surface area contributed by atoms with Gasteiger partial charge in [-0.1, -0.05) is 57.8 Å². The minimum atomic E-state index is -0.121. The van der Waals surface area contributed by atoms with Gasteiger partial charge in [0.25, 0.3) is 0 Å². The molecule has 0 heterocycles. The van der Waals surface area contributed by atoms with Crippen LogP contribution in [0.5, 0.6) is 0 Å². The highest BCUT2D eigenvalue weighted by Gasteiger charge is 2.29. The van der Waals surface area contributed by atoms with E-state index in [1.54, 1.807) is 6.08 Å². The summed E-state index contributed by atoms with van der Waals surface area (Å²) in [5, 5.41) is 0. The Labute approximate surface area is 128 Å². The van der Waals surface area contributed by atoms with E-state index >= 15 is 0 Å². The Hall–Kier alpha value is -1.24. The van der Waals surface area contributed by atoms with Crippen molar-refractivity contribution in [1.29, 1.82) is 0 Å². The zero-order chi connectivity index (χ0) is 15.2. The summed E-state index contributed by atoms with van der Waals surface area (Å²) in [7, 11) is 0. The normalized spacial score (nSPS) is 17.9. The highest BCUT2D eigenvalue weighted by molar-refractivity contribution is 5.35. The van der Waals surface area contributed by atoms with Crippen molar-refractivity contribution < 1.29 is 9.59 Å². The Balaban J connectivity index is 2.26. The molecule has 1 saturated carbocycles. The van der Waals surface area contributed by atoms with Gasteiger partial charge < -0.3 is 0 Å². The minimum absolute atomic E-state index is 0.121. The summed E-state index contributed by atoms with van der Waals surface area (Å²) in [4.78, 5) is 28.5. The molecule has 118 valence electrons. The number of carbonyl (C=O) groups excluding carboxylic acids is 2. The molecular formula is C17H28N2O2. The Morgan fingerprint density at radius 2 is 1.38 bits per heavy atom. The summed E-state index contributed by atoms with van der Waals surface area (Å²) in [6.07, 6.45) is 18.3. The second-order valence-electron chi connectivity index (χ2n) is 6.19. The maximum atomic E-state index is 10.8. The molecule has 0 unspecified atom stereocenters. The molecule has 1 aliphatic carbocycles. The maximum absolute atomic E-state index is 10.8. The Kier molecular flexibility index (Phi) is 9.69. The molecule has 0 spiro atoms. The van der Waals surface area contributed by atoms with E-state index in [0.29, 0.717) is 6.54 Å². The predicted octanol–water partition coefficient (Wildman–Crippen LogP) is 4.48. The van der Waals surface area contributed by atoms with Crippen molar-refractivity contribution in [3.05, 3.63) is 0 Å². The van der Waals surface area contributed by atoms with Crippen molar-refractivity contribution in [3.8, 4) is 0 Å². The highest BCUT2D eigenvalue weighted by Crippen LogP contribution is 2.34. The van der Waals surface area contributed by atoms with Crippen LogP contribution in [0.4, 0.5) is 0 Å². The van der Waals surface area contributed by atoms with E-state index in [1.165, 1.54) is 38.5 Å². The fourth-order valence-corrected chi connectivity index (χ4v) is 3.30. The first kappa shape index (κ1) is 17.8. The number of aliphatic imine (C=N–C) groups is 2. The number of isocyanates is 2. The van der Waals surface area contributed by atoms with Crippen LogP contribution in [0.2, 0.25) is 0 Å². The number of hydrogen-bond donors (Lipinski definition) is 0. The fraction of sp³-hybridized carbons (Fsp3) is 0.882. The molecular weight excluding hydrogens is 264 g/mol. The summed E-state index contributed by atoms with van der Waals surface area (Å²) >= 11 is 0. The van der Waals surface area contributed by atoms with Crippen LogP contribution in [-0.4, -0.2) is 24.2 Å². The van der Waals surface area contributed by atoms with Gasteiger partial charge in [0.15, 0.2) is 0 Å². The quantitative estimate of drug-likeness (QED) is 0.357. The maximum Gasteiger partial charge on any atom is 0.235 e. The Morgan fingerprint density at radius 3 is 2.05 bits per heavy atom. The lowest BCUT2D eigenvalue weighted by atomic mass is 9.80. The number of rotatable bonds is 9. The van der Waals surface area contributed by atoms with Gasteiger partial charge in [-0.2, -0.15) is 4.99 Å². The molecule has 4 nitrogen and oxygen atoms in total. The molecule has 21 heavy (non-hydrogen) atoms. The van der Waals surface area contributed by atoms with E-state index in [1.807, 2.05) is 6.08 Å². The van der Waals surface area contributed by atoms with E-state index < -0.39 is 0 Å². The van der Waals surface area contributed by atoms with Crippen molar-refractivity contribution in [2.24, 2.45) is 9.98 Å². The highest BCUT2D eigenvalue weighted by atomic mass is 16.1. The van der Waals surface area contributed by atoms with Gasteiger partial charge in [-0.3, -0.25) is 0 Å². The molecule has 1 aliphatic rings. The topological polar surface area (TPSA) is 58.9 Å². The summed E-state index contributed by atoms with van der Waals surface area (Å²) in [5.41, 5.74) is -0.121. The van der Waals surface area contributed by atoms with Gasteiger partial charge in [0.2, 0.25) is 12.2 Å². The van der Waals surface area contributed by atoms with Gasteiger partial charge in [-0.25, -0.2) is 14.6 Å². The fourth-order valence-electron chi connectivity index (χ4n) is 3.30. The van der Waals surface area contributed by atoms with Crippen LogP contribution in [0.25, 0.3) is 0 Å². The van der Waals surface area contributed by atoms with Crippen LogP contribution >= 0.6 is 0 Å². The molecule has 0 aromatic heterocycles. The molecule has 0 radical (unpaired) electrons. The third-order valence-electron chi connectivity index (χ3n) is 4.54. The van der Waals surface area contributed by atoms with Crippen LogP contribution in [-0.2, 0) is 9.59 Å². The average Bonchev–Trinajstić information content (AvgIpc) is 2.46. The molecule has 0 saturated heterocycles. The van der Waals surface area contributed by atoms with E-state index in [-0.39, 0.29) is 5.54 Å². The molecule has 0 aliphatic heterocycles. The van der Waals surface area contributed by atoms with Crippen molar-refractivity contribution >= 4 is 12.2 Å². The monoisotopic (exact) mass is 292 g/mol. The molecule has 1 fully saturated rings. The lowest BCUT2D eigenvalue weighted by Gasteiger charge is -2.30. The first-order chi connectivity index (χ1) is 10.3. The molecule has 0 amide bonds. The number of unbranched alkanes of at least 4 members (excludes halogenated alkanes) is 4. The van der Waals surface area contributed by atoms with Gasteiger partial charge in [0, 0.05) is 0 Å². The van der Waals surface area contributed by atoms with Crippen LogP contribution in [0.1, 0.15) is 83.5 Å². The summed E-state index contributed by atoms with van der Waals surface area (Å²) < 4.78 is 0. The van der Waals surface area contributed by atoms with Crippen molar-refractivity contribution in [3.63, 3.8) is 0 Å². The van der Waals surface area contributed by atoms with Gasteiger partial charge >= 0.3 is 0 Å². The lowest BCUT2D eigenvalue weighted by Crippen LogP contribution is -2.27. The largest absolute Gasteiger partial charge is 0.235 e. The van der Waals surface area contributed by atoms with Crippen molar-refractivity contribution in [1.82, 2.24) is 0 Å². The van der Waals surface area contributed by atoms with Gasteiger partial charge in [0.1, 0.15) is 0 Å². The summed E-state index contributed by atoms with van der Waals surface area (Å²) in [5.74, 6) is 0. The van der Waals surface area contributed by atoms with E-state index in [2.05, 4.69) is 9.98 Å². The predicted molar refractivity (Wildman–Crippen MR) is 83.9 cm³/mol. The van der Waals surface area contributed by atoms with Gasteiger partial charge in [0.05, 0.1) is 12.1 Å². The molecule has 0 aromatic rings. The van der Waals surface area contributed by atoms with Crippen LogP contribution in [0, 0.1) is 0 Å². The van der Waals surface area contributed by atoms with Gasteiger partial charge in [-0.15, -0.1) is 0 Å². The smallest absolute Gasteiger partial charge is 0.211 e. The first-order valence-electron chi connectivity index (χ1n) is 8.46. The lowest BCUT2D eigenvalue weighted by molar-refractivity contribution is 0.290. The van der Waals surface area contributed by atoms with Crippen molar-refractivity contribution in [2.75, 3.05) is 6.54 Å². The third kappa shape index (κ3) is 7.94. The molecule has 0 aromatic carbocycles. The molecule has 4 heteroatoms. The van der Waals surface area contributed by atoms with Gasteiger partial charge in [-0.05, 0) is 25.7 Å². The Morgan fingerprint density at radius 1 is 0.762 bits per heavy atom. The number of hydrogen-bond acceptors (Lipinski definition) is 4. The van der Waals surface area contributed by atoms with Crippen LogP contribution in [0.3, 0.4) is 0 Å². The van der Waals surface area contributed by atoms with E-state index in [9.17, 15) is 9.59 Å². The summed E-state index contributed by atoms with van der Waals surface area (Å²) in [6.45, 7) is 0.600. The van der Waals surface area contributed by atoms with E-state index in [0.717, 1.165) is 44.9 Å². The minimum Gasteiger partial charge on any atom is -0.211 e. The zero-order valence-corrected chi connectivity index (χ0v) is 13.1. The molecule has 1 rings (SSSR count). The molecule has 0 bridgehead atoms. The van der Waals surface area contributed by atoms with Crippen LogP contribution < -0.4 is 0 Å².